The normalized spacial score (nSPS) is 12.6. The monoisotopic (exact) mass is 232 g/mol. The van der Waals surface area contributed by atoms with E-state index in [0.717, 1.165) is 13.0 Å². The van der Waals surface area contributed by atoms with Crippen molar-refractivity contribution in [1.82, 2.24) is 10.3 Å². The van der Waals surface area contributed by atoms with Crippen LogP contribution in [0.25, 0.3) is 0 Å². The summed E-state index contributed by atoms with van der Waals surface area (Å²) in [5.41, 5.74) is 2.71. The van der Waals surface area contributed by atoms with Crippen molar-refractivity contribution in [3.63, 3.8) is 0 Å². The molecule has 0 fully saturated rings. The van der Waals surface area contributed by atoms with Crippen LogP contribution in [0.3, 0.4) is 0 Å². The predicted molar refractivity (Wildman–Crippen MR) is 68.7 cm³/mol. The molecule has 0 radical (unpaired) electrons. The van der Waals surface area contributed by atoms with Crippen LogP contribution < -0.4 is 5.32 Å². The largest absolute Gasteiger partial charge is 0.310 e. The van der Waals surface area contributed by atoms with Gasteiger partial charge in [0.2, 0.25) is 0 Å². The van der Waals surface area contributed by atoms with Gasteiger partial charge in [0.25, 0.3) is 0 Å². The van der Waals surface area contributed by atoms with Crippen molar-refractivity contribution in [2.45, 2.75) is 19.4 Å². The Morgan fingerprint density at radius 3 is 2.81 bits per heavy atom. The van der Waals surface area contributed by atoms with Crippen LogP contribution in [-0.2, 0) is 6.42 Å². The van der Waals surface area contributed by atoms with E-state index in [2.05, 4.69) is 46.2 Å². The Morgan fingerprint density at radius 2 is 2.12 bits per heavy atom. The topological polar surface area (TPSA) is 24.9 Å². The minimum Gasteiger partial charge on any atom is -0.310 e. The molecule has 84 valence electrons. The van der Waals surface area contributed by atoms with E-state index in [1.165, 1.54) is 11.1 Å². The second-order valence-electron chi connectivity index (χ2n) is 3.84. The average molecular weight is 232 g/mol. The van der Waals surface area contributed by atoms with Gasteiger partial charge < -0.3 is 5.32 Å². The summed E-state index contributed by atoms with van der Waals surface area (Å²) < 4.78 is 0. The standard InChI is InChI=1S/C13H16N2S/c1-11(13-5-9-16-10-13)15-8-4-12-2-6-14-7-3-12/h2-3,5-7,9-11,15H,4,8H2,1H3. The van der Waals surface area contributed by atoms with Crippen molar-refractivity contribution in [3.05, 3.63) is 52.5 Å². The number of nitrogens with zero attached hydrogens (tertiary/aromatic N) is 1. The molecule has 2 nitrogen and oxygen atoms in total. The quantitative estimate of drug-likeness (QED) is 0.857. The highest BCUT2D eigenvalue weighted by Crippen LogP contribution is 2.15. The van der Waals surface area contributed by atoms with Crippen LogP contribution in [0, 0.1) is 0 Å². The number of nitrogens with one attached hydrogen (secondary N) is 1. The number of pyridine rings is 1. The van der Waals surface area contributed by atoms with Crippen molar-refractivity contribution >= 4 is 11.3 Å². The SMILES string of the molecule is CC(NCCc1ccncc1)c1ccsc1. The van der Waals surface area contributed by atoms with E-state index in [1.54, 1.807) is 11.3 Å². The Labute approximate surface area is 100 Å². The van der Waals surface area contributed by atoms with Gasteiger partial charge in [-0.2, -0.15) is 11.3 Å². The van der Waals surface area contributed by atoms with E-state index < -0.39 is 0 Å². The lowest BCUT2D eigenvalue weighted by Crippen LogP contribution is -2.20. The van der Waals surface area contributed by atoms with E-state index in [9.17, 15) is 0 Å². The minimum absolute atomic E-state index is 0.438. The van der Waals surface area contributed by atoms with Gasteiger partial charge in [-0.05, 0) is 60.0 Å². The number of thiophene rings is 1. The van der Waals surface area contributed by atoms with E-state index in [4.69, 9.17) is 0 Å². The third-order valence-corrected chi connectivity index (χ3v) is 3.36. The summed E-state index contributed by atoms with van der Waals surface area (Å²) in [6, 6.07) is 6.75. The lowest BCUT2D eigenvalue weighted by atomic mass is 10.1. The first kappa shape index (κ1) is 11.3. The molecule has 0 saturated carbocycles. The molecular weight excluding hydrogens is 216 g/mol. The molecule has 0 bridgehead atoms. The van der Waals surface area contributed by atoms with Crippen molar-refractivity contribution in [1.29, 1.82) is 0 Å². The maximum atomic E-state index is 4.01. The van der Waals surface area contributed by atoms with Gasteiger partial charge in [0.1, 0.15) is 0 Å². The van der Waals surface area contributed by atoms with Gasteiger partial charge in [0, 0.05) is 18.4 Å². The fraction of sp³-hybridized carbons (Fsp3) is 0.308. The highest BCUT2D eigenvalue weighted by molar-refractivity contribution is 7.07. The smallest absolute Gasteiger partial charge is 0.0300 e. The van der Waals surface area contributed by atoms with E-state index in [0.29, 0.717) is 6.04 Å². The molecule has 1 atom stereocenters. The Morgan fingerprint density at radius 1 is 1.31 bits per heavy atom. The summed E-state index contributed by atoms with van der Waals surface area (Å²) in [5.74, 6) is 0. The van der Waals surface area contributed by atoms with Crippen LogP contribution in [0.5, 0.6) is 0 Å². The van der Waals surface area contributed by atoms with Crippen LogP contribution in [0.2, 0.25) is 0 Å². The third-order valence-electron chi connectivity index (χ3n) is 2.66. The van der Waals surface area contributed by atoms with Crippen LogP contribution in [0.1, 0.15) is 24.1 Å². The molecule has 3 heteroatoms. The van der Waals surface area contributed by atoms with Crippen molar-refractivity contribution in [2.24, 2.45) is 0 Å². The summed E-state index contributed by atoms with van der Waals surface area (Å²) in [6.07, 6.45) is 4.74. The molecule has 16 heavy (non-hydrogen) atoms. The fourth-order valence-electron chi connectivity index (χ4n) is 1.62. The first-order valence-electron chi connectivity index (χ1n) is 5.50. The van der Waals surface area contributed by atoms with Crippen molar-refractivity contribution in [3.8, 4) is 0 Å². The molecule has 1 N–H and O–H groups in total. The predicted octanol–water partition coefficient (Wildman–Crippen LogP) is 3.04. The second kappa shape index (κ2) is 5.77. The summed E-state index contributed by atoms with van der Waals surface area (Å²) in [5, 5.41) is 7.84. The molecule has 2 rings (SSSR count). The summed E-state index contributed by atoms with van der Waals surface area (Å²) in [6.45, 7) is 3.20. The molecule has 0 spiro atoms. The Bertz CT molecular complexity index is 397. The Kier molecular flexibility index (Phi) is 4.08. The zero-order valence-corrected chi connectivity index (χ0v) is 10.2. The molecule has 0 aliphatic rings. The molecule has 1 unspecified atom stereocenters. The third kappa shape index (κ3) is 3.15. The number of hydrogen-bond donors (Lipinski definition) is 1. The zero-order valence-electron chi connectivity index (χ0n) is 9.39. The summed E-state index contributed by atoms with van der Waals surface area (Å²) in [7, 11) is 0. The van der Waals surface area contributed by atoms with Gasteiger partial charge in [-0.15, -0.1) is 0 Å². The van der Waals surface area contributed by atoms with Gasteiger partial charge in [0.15, 0.2) is 0 Å². The summed E-state index contributed by atoms with van der Waals surface area (Å²) >= 11 is 1.75. The molecule has 2 aromatic heterocycles. The number of aromatic nitrogens is 1. The highest BCUT2D eigenvalue weighted by atomic mass is 32.1. The summed E-state index contributed by atoms with van der Waals surface area (Å²) in [4.78, 5) is 4.01. The number of hydrogen-bond acceptors (Lipinski definition) is 3. The van der Waals surface area contributed by atoms with E-state index in [1.807, 2.05) is 12.4 Å². The highest BCUT2D eigenvalue weighted by Gasteiger charge is 2.03. The molecule has 2 heterocycles. The molecule has 0 saturated heterocycles. The molecule has 0 aliphatic carbocycles. The van der Waals surface area contributed by atoms with Crippen LogP contribution in [-0.4, -0.2) is 11.5 Å². The Balaban J connectivity index is 1.76. The Hall–Kier alpha value is -1.19. The van der Waals surface area contributed by atoms with Gasteiger partial charge in [0.05, 0.1) is 0 Å². The fourth-order valence-corrected chi connectivity index (χ4v) is 2.38. The van der Waals surface area contributed by atoms with Gasteiger partial charge in [-0.25, -0.2) is 0 Å². The average Bonchev–Trinajstić information content (AvgIpc) is 2.84. The molecule has 0 aromatic carbocycles. The number of rotatable bonds is 5. The lowest BCUT2D eigenvalue weighted by Gasteiger charge is -2.12. The van der Waals surface area contributed by atoms with Crippen molar-refractivity contribution < 1.29 is 0 Å². The van der Waals surface area contributed by atoms with E-state index >= 15 is 0 Å². The van der Waals surface area contributed by atoms with Crippen LogP contribution in [0.4, 0.5) is 0 Å². The first-order valence-corrected chi connectivity index (χ1v) is 6.45. The van der Waals surface area contributed by atoms with Gasteiger partial charge in [-0.3, -0.25) is 4.98 Å². The van der Waals surface area contributed by atoms with E-state index in [-0.39, 0.29) is 0 Å². The molecule has 0 amide bonds. The van der Waals surface area contributed by atoms with Crippen molar-refractivity contribution in [2.75, 3.05) is 6.54 Å². The second-order valence-corrected chi connectivity index (χ2v) is 4.62. The maximum absolute atomic E-state index is 4.01. The van der Waals surface area contributed by atoms with Gasteiger partial charge >= 0.3 is 0 Å². The zero-order chi connectivity index (χ0) is 11.2. The van der Waals surface area contributed by atoms with Crippen LogP contribution in [0.15, 0.2) is 41.4 Å². The van der Waals surface area contributed by atoms with Crippen LogP contribution >= 0.6 is 11.3 Å². The van der Waals surface area contributed by atoms with Gasteiger partial charge in [-0.1, -0.05) is 0 Å². The minimum atomic E-state index is 0.438. The molecule has 2 aromatic rings. The molecule has 0 aliphatic heterocycles. The maximum Gasteiger partial charge on any atom is 0.0300 e. The lowest BCUT2D eigenvalue weighted by molar-refractivity contribution is 0.578. The first-order chi connectivity index (χ1) is 7.86. The molecular formula is C13H16N2S.